The number of ketones is 1. The summed E-state index contributed by atoms with van der Waals surface area (Å²) in [5.74, 6) is -0.761. The van der Waals surface area contributed by atoms with Gasteiger partial charge in [-0.3, -0.25) is 14.5 Å². The van der Waals surface area contributed by atoms with Gasteiger partial charge in [0.2, 0.25) is 0 Å². The first-order valence-electron chi connectivity index (χ1n) is 4.15. The van der Waals surface area contributed by atoms with Crippen LogP contribution in [0.1, 0.15) is 19.3 Å². The lowest BCUT2D eigenvalue weighted by molar-refractivity contribution is -0.148. The maximum Gasteiger partial charge on any atom is 0.324 e. The van der Waals surface area contributed by atoms with Crippen LogP contribution in [-0.4, -0.2) is 40.4 Å². The highest BCUT2D eigenvalue weighted by atomic mass is 16.4. The van der Waals surface area contributed by atoms with E-state index in [4.69, 9.17) is 5.11 Å². The molecule has 2 fully saturated rings. The Morgan fingerprint density at radius 3 is 2.92 bits per heavy atom. The van der Waals surface area contributed by atoms with Gasteiger partial charge in [0, 0.05) is 6.42 Å². The van der Waals surface area contributed by atoms with Crippen LogP contribution in [0.2, 0.25) is 0 Å². The van der Waals surface area contributed by atoms with Crippen molar-refractivity contribution in [3.8, 4) is 0 Å². The Kier molecular flexibility index (Phi) is 1.48. The first-order valence-corrected chi connectivity index (χ1v) is 4.15. The van der Waals surface area contributed by atoms with Crippen LogP contribution in [0, 0.1) is 0 Å². The van der Waals surface area contributed by atoms with E-state index < -0.39 is 11.5 Å². The van der Waals surface area contributed by atoms with E-state index in [2.05, 4.69) is 0 Å². The van der Waals surface area contributed by atoms with Gasteiger partial charge in [-0.2, -0.15) is 0 Å². The van der Waals surface area contributed by atoms with Gasteiger partial charge in [0.25, 0.3) is 0 Å². The van der Waals surface area contributed by atoms with E-state index in [1.807, 2.05) is 0 Å². The number of hydrogen-bond donors (Lipinski definition) is 1. The number of aliphatic carboxylic acids is 1. The molecule has 4 heteroatoms. The molecule has 0 bridgehead atoms. The van der Waals surface area contributed by atoms with Crippen molar-refractivity contribution >= 4 is 11.8 Å². The fourth-order valence-electron chi connectivity index (χ4n) is 2.28. The van der Waals surface area contributed by atoms with Gasteiger partial charge in [-0.1, -0.05) is 0 Å². The molecule has 1 N–H and O–H groups in total. The number of carbonyl (C=O) groups excluding carboxylic acids is 1. The molecular weight excluding hydrogens is 158 g/mol. The lowest BCUT2D eigenvalue weighted by Gasteiger charge is -2.25. The van der Waals surface area contributed by atoms with E-state index in [0.29, 0.717) is 13.0 Å². The number of hydrogen-bond acceptors (Lipinski definition) is 3. The maximum atomic E-state index is 11.1. The molecule has 1 atom stereocenters. The molecule has 0 aromatic heterocycles. The third-order valence-corrected chi connectivity index (χ3v) is 2.88. The van der Waals surface area contributed by atoms with E-state index in [0.717, 1.165) is 13.0 Å². The normalized spacial score (nSPS) is 35.5. The van der Waals surface area contributed by atoms with Crippen LogP contribution < -0.4 is 0 Å². The van der Waals surface area contributed by atoms with E-state index in [9.17, 15) is 9.59 Å². The van der Waals surface area contributed by atoms with Gasteiger partial charge < -0.3 is 5.11 Å². The number of carboxylic acids is 1. The molecule has 2 saturated heterocycles. The van der Waals surface area contributed by atoms with Crippen LogP contribution in [0.25, 0.3) is 0 Å². The van der Waals surface area contributed by atoms with Gasteiger partial charge >= 0.3 is 5.97 Å². The molecule has 0 unspecified atom stereocenters. The summed E-state index contributed by atoms with van der Waals surface area (Å²) in [4.78, 5) is 23.8. The Bertz CT molecular complexity index is 251. The highest BCUT2D eigenvalue weighted by Gasteiger charge is 2.53. The Hall–Kier alpha value is -0.900. The number of fused-ring (bicyclic) bond motifs is 1. The zero-order valence-electron chi connectivity index (χ0n) is 6.75. The Labute approximate surface area is 70.2 Å². The minimum Gasteiger partial charge on any atom is -0.480 e. The molecule has 0 amide bonds. The summed E-state index contributed by atoms with van der Waals surface area (Å²) in [6.07, 6.45) is 1.75. The largest absolute Gasteiger partial charge is 0.480 e. The lowest BCUT2D eigenvalue weighted by atomic mass is 9.94. The molecule has 2 aliphatic rings. The van der Waals surface area contributed by atoms with Crippen LogP contribution in [0.3, 0.4) is 0 Å². The Morgan fingerprint density at radius 2 is 2.33 bits per heavy atom. The van der Waals surface area contributed by atoms with Crippen LogP contribution in [0.4, 0.5) is 0 Å². The fourth-order valence-corrected chi connectivity index (χ4v) is 2.28. The second-order valence-corrected chi connectivity index (χ2v) is 3.58. The summed E-state index contributed by atoms with van der Waals surface area (Å²) < 4.78 is 0. The molecule has 4 nitrogen and oxygen atoms in total. The maximum absolute atomic E-state index is 11.1. The lowest BCUT2D eigenvalue weighted by Crippen LogP contribution is -2.45. The van der Waals surface area contributed by atoms with Gasteiger partial charge in [0.15, 0.2) is 0 Å². The standard InChI is InChI=1S/C8H11NO3/c10-6-4-8(7(11)12)2-1-3-9(8)5-6/h1-5H2,(H,11,12)/t8-/m1/s1. The topological polar surface area (TPSA) is 57.6 Å². The zero-order valence-corrected chi connectivity index (χ0v) is 6.75. The molecule has 0 aromatic rings. The SMILES string of the molecule is O=C1CN2CCC[C@]2(C(=O)O)C1. The molecule has 0 aliphatic carbocycles. The van der Waals surface area contributed by atoms with E-state index in [1.165, 1.54) is 0 Å². The minimum absolute atomic E-state index is 0.0668. The van der Waals surface area contributed by atoms with Crippen molar-refractivity contribution in [3.05, 3.63) is 0 Å². The highest BCUT2D eigenvalue weighted by molar-refractivity contribution is 5.94. The summed E-state index contributed by atoms with van der Waals surface area (Å²) in [6, 6.07) is 0. The predicted molar refractivity (Wildman–Crippen MR) is 40.8 cm³/mol. The van der Waals surface area contributed by atoms with E-state index >= 15 is 0 Å². The minimum atomic E-state index is -0.828. The molecule has 0 aromatic carbocycles. The summed E-state index contributed by atoms with van der Waals surface area (Å²) in [5, 5.41) is 9.00. The molecular formula is C8H11NO3. The number of nitrogens with zero attached hydrogens (tertiary/aromatic N) is 1. The molecule has 12 heavy (non-hydrogen) atoms. The molecule has 66 valence electrons. The van der Waals surface area contributed by atoms with Crippen molar-refractivity contribution in [2.75, 3.05) is 13.1 Å². The molecule has 2 heterocycles. The number of carbonyl (C=O) groups is 2. The third-order valence-electron chi connectivity index (χ3n) is 2.88. The molecule has 2 rings (SSSR count). The van der Waals surface area contributed by atoms with Crippen molar-refractivity contribution in [2.24, 2.45) is 0 Å². The van der Waals surface area contributed by atoms with Crippen LogP contribution >= 0.6 is 0 Å². The van der Waals surface area contributed by atoms with Crippen molar-refractivity contribution in [2.45, 2.75) is 24.8 Å². The average Bonchev–Trinajstić information content (AvgIpc) is 2.42. The van der Waals surface area contributed by atoms with E-state index in [1.54, 1.807) is 4.90 Å². The predicted octanol–water partition coefficient (Wildman–Crippen LogP) is -0.122. The zero-order chi connectivity index (χ0) is 8.77. The molecule has 0 spiro atoms. The third kappa shape index (κ3) is 0.813. The first kappa shape index (κ1) is 7.73. The molecule has 0 radical (unpaired) electrons. The number of rotatable bonds is 1. The summed E-state index contributed by atoms with van der Waals surface area (Å²) >= 11 is 0. The second-order valence-electron chi connectivity index (χ2n) is 3.58. The second kappa shape index (κ2) is 2.29. The molecule has 2 aliphatic heterocycles. The van der Waals surface area contributed by atoms with Crippen molar-refractivity contribution in [3.63, 3.8) is 0 Å². The summed E-state index contributed by atoms with van der Waals surface area (Å²) in [5.41, 5.74) is -0.822. The van der Waals surface area contributed by atoms with Crippen LogP contribution in [0.15, 0.2) is 0 Å². The summed E-state index contributed by atoms with van der Waals surface area (Å²) in [7, 11) is 0. The Balaban J connectivity index is 2.32. The summed E-state index contributed by atoms with van der Waals surface area (Å²) in [6.45, 7) is 1.10. The monoisotopic (exact) mass is 169 g/mol. The van der Waals surface area contributed by atoms with Crippen molar-refractivity contribution < 1.29 is 14.7 Å². The smallest absolute Gasteiger partial charge is 0.324 e. The fraction of sp³-hybridized carbons (Fsp3) is 0.750. The van der Waals surface area contributed by atoms with Crippen molar-refractivity contribution in [1.82, 2.24) is 4.90 Å². The number of carboxylic acid groups (broad SMARTS) is 1. The van der Waals surface area contributed by atoms with Gasteiger partial charge in [0.05, 0.1) is 6.54 Å². The Morgan fingerprint density at radius 1 is 1.58 bits per heavy atom. The highest BCUT2D eigenvalue weighted by Crippen LogP contribution is 2.37. The average molecular weight is 169 g/mol. The van der Waals surface area contributed by atoms with Gasteiger partial charge in [-0.25, -0.2) is 0 Å². The van der Waals surface area contributed by atoms with Gasteiger partial charge in [-0.05, 0) is 19.4 Å². The van der Waals surface area contributed by atoms with Crippen LogP contribution in [-0.2, 0) is 9.59 Å². The number of Topliss-reactive ketones (excluding diaryl/α,β-unsaturated/α-hetero) is 1. The quantitative estimate of drug-likeness (QED) is 0.594. The van der Waals surface area contributed by atoms with E-state index in [-0.39, 0.29) is 12.2 Å². The molecule has 0 saturated carbocycles. The van der Waals surface area contributed by atoms with Crippen LogP contribution in [0.5, 0.6) is 0 Å². The van der Waals surface area contributed by atoms with Gasteiger partial charge in [-0.15, -0.1) is 0 Å². The van der Waals surface area contributed by atoms with Gasteiger partial charge in [0.1, 0.15) is 11.3 Å². The first-order chi connectivity index (χ1) is 5.65. The van der Waals surface area contributed by atoms with Crippen molar-refractivity contribution in [1.29, 1.82) is 0 Å².